The number of carbonyl (C=O) groups is 2. The molecule has 0 aromatic heterocycles. The average Bonchev–Trinajstić information content (AvgIpc) is 3.12. The third kappa shape index (κ3) is 2.46. The summed E-state index contributed by atoms with van der Waals surface area (Å²) in [5.41, 5.74) is 6.51. The Labute approximate surface area is 111 Å². The van der Waals surface area contributed by atoms with Crippen molar-refractivity contribution in [3.8, 4) is 0 Å². The highest BCUT2D eigenvalue weighted by Gasteiger charge is 2.59. The summed E-state index contributed by atoms with van der Waals surface area (Å²) in [7, 11) is 1.34. The van der Waals surface area contributed by atoms with Crippen LogP contribution in [-0.2, 0) is 14.3 Å². The Morgan fingerprint density at radius 2 is 2.00 bits per heavy atom. The first-order valence-corrected chi connectivity index (χ1v) is 6.17. The Morgan fingerprint density at radius 3 is 2.53 bits per heavy atom. The smallest absolute Gasteiger partial charge is 0.337 e. The van der Waals surface area contributed by atoms with Gasteiger partial charge in [-0.3, -0.25) is 4.79 Å². The molecule has 1 aromatic carbocycles. The molecule has 1 saturated carbocycles. The number of hydrogen-bond acceptors (Lipinski definition) is 5. The van der Waals surface area contributed by atoms with E-state index in [1.807, 2.05) is 0 Å². The fourth-order valence-electron chi connectivity index (χ4n) is 2.15. The molecule has 2 unspecified atom stereocenters. The van der Waals surface area contributed by atoms with Gasteiger partial charge in [-0.15, -0.1) is 0 Å². The van der Waals surface area contributed by atoms with Crippen LogP contribution in [0, 0.1) is 0 Å². The first-order valence-electron chi connectivity index (χ1n) is 6.17. The van der Waals surface area contributed by atoms with E-state index < -0.39 is 5.54 Å². The zero-order valence-corrected chi connectivity index (χ0v) is 11.0. The molecule has 1 aromatic rings. The van der Waals surface area contributed by atoms with Crippen LogP contribution in [0.15, 0.2) is 24.3 Å². The van der Waals surface area contributed by atoms with E-state index in [1.54, 1.807) is 31.2 Å². The highest BCUT2D eigenvalue weighted by atomic mass is 16.5. The van der Waals surface area contributed by atoms with Gasteiger partial charge in [-0.05, 0) is 31.0 Å². The van der Waals surface area contributed by atoms with E-state index in [9.17, 15) is 9.59 Å². The first-order chi connectivity index (χ1) is 9.02. The highest BCUT2D eigenvalue weighted by Crippen LogP contribution is 2.50. The maximum absolute atomic E-state index is 11.7. The van der Waals surface area contributed by atoms with Crippen molar-refractivity contribution in [2.24, 2.45) is 5.73 Å². The van der Waals surface area contributed by atoms with Crippen molar-refractivity contribution >= 4 is 11.9 Å². The second kappa shape index (κ2) is 5.01. The van der Waals surface area contributed by atoms with Crippen LogP contribution in [0.25, 0.3) is 0 Å². The summed E-state index contributed by atoms with van der Waals surface area (Å²) in [6, 6.07) is 6.94. The normalized spacial score (nSPS) is 24.7. The number of rotatable bonds is 4. The van der Waals surface area contributed by atoms with Crippen LogP contribution in [0.2, 0.25) is 0 Å². The Morgan fingerprint density at radius 1 is 1.37 bits per heavy atom. The number of nitrogens with two attached hydrogens (primary N) is 1. The van der Waals surface area contributed by atoms with Crippen molar-refractivity contribution < 1.29 is 19.1 Å². The van der Waals surface area contributed by atoms with Gasteiger partial charge in [0, 0.05) is 5.92 Å². The molecule has 5 heteroatoms. The molecule has 1 fully saturated rings. The topological polar surface area (TPSA) is 78.6 Å². The van der Waals surface area contributed by atoms with Gasteiger partial charge in [0.05, 0.1) is 19.3 Å². The highest BCUT2D eigenvalue weighted by molar-refractivity contribution is 5.90. The lowest BCUT2D eigenvalue weighted by atomic mass is 10.0. The molecule has 0 aliphatic heterocycles. The van der Waals surface area contributed by atoms with Gasteiger partial charge < -0.3 is 15.2 Å². The Balaban J connectivity index is 2.09. The monoisotopic (exact) mass is 263 g/mol. The minimum Gasteiger partial charge on any atom is -0.465 e. The van der Waals surface area contributed by atoms with Gasteiger partial charge in [-0.1, -0.05) is 12.1 Å². The molecule has 19 heavy (non-hydrogen) atoms. The second-order valence-corrected chi connectivity index (χ2v) is 4.63. The summed E-state index contributed by atoms with van der Waals surface area (Å²) in [6.07, 6.45) is 0.573. The number of hydrogen-bond donors (Lipinski definition) is 1. The molecule has 2 rings (SSSR count). The summed E-state index contributed by atoms with van der Waals surface area (Å²) in [5.74, 6) is -0.790. The molecule has 0 spiro atoms. The lowest BCUT2D eigenvalue weighted by molar-refractivity contribution is -0.146. The quantitative estimate of drug-likeness (QED) is 0.826. The molecular weight excluding hydrogens is 246 g/mol. The van der Waals surface area contributed by atoms with E-state index in [2.05, 4.69) is 4.74 Å². The molecule has 0 bridgehead atoms. The van der Waals surface area contributed by atoms with E-state index in [-0.39, 0.29) is 17.9 Å². The Kier molecular flexibility index (Phi) is 3.57. The SMILES string of the molecule is CCOC(=O)C1(N)CC1c1ccc(C(=O)OC)cc1. The molecule has 1 aliphatic carbocycles. The predicted octanol–water partition coefficient (Wildman–Crippen LogP) is 1.22. The van der Waals surface area contributed by atoms with Gasteiger partial charge in [0.2, 0.25) is 0 Å². The van der Waals surface area contributed by atoms with Gasteiger partial charge in [-0.25, -0.2) is 4.79 Å². The Hall–Kier alpha value is -1.88. The standard InChI is InChI=1S/C14H17NO4/c1-3-19-13(17)14(15)8-11(14)9-4-6-10(7-5-9)12(16)18-2/h4-7,11H,3,8,15H2,1-2H3. The zero-order valence-electron chi connectivity index (χ0n) is 11.0. The van der Waals surface area contributed by atoms with Gasteiger partial charge >= 0.3 is 11.9 Å². The number of ether oxygens (including phenoxy) is 2. The zero-order chi connectivity index (χ0) is 14.0. The second-order valence-electron chi connectivity index (χ2n) is 4.63. The van der Waals surface area contributed by atoms with E-state index >= 15 is 0 Å². The van der Waals surface area contributed by atoms with Crippen molar-refractivity contribution in [2.45, 2.75) is 24.8 Å². The van der Waals surface area contributed by atoms with Gasteiger partial charge in [0.25, 0.3) is 0 Å². The summed E-state index contributed by atoms with van der Waals surface area (Å²) in [4.78, 5) is 23.0. The average molecular weight is 263 g/mol. The van der Waals surface area contributed by atoms with Crippen LogP contribution in [0.3, 0.4) is 0 Å². The molecule has 0 radical (unpaired) electrons. The van der Waals surface area contributed by atoms with Crippen LogP contribution in [0.1, 0.15) is 35.2 Å². The fourth-order valence-corrected chi connectivity index (χ4v) is 2.15. The third-order valence-electron chi connectivity index (χ3n) is 3.39. The number of methoxy groups -OCH3 is 1. The van der Waals surface area contributed by atoms with Crippen molar-refractivity contribution in [3.05, 3.63) is 35.4 Å². The molecular formula is C14H17NO4. The van der Waals surface area contributed by atoms with Crippen molar-refractivity contribution in [2.75, 3.05) is 13.7 Å². The fraction of sp³-hybridized carbons (Fsp3) is 0.429. The molecule has 0 saturated heterocycles. The van der Waals surface area contributed by atoms with E-state index in [1.165, 1.54) is 7.11 Å². The molecule has 0 heterocycles. The van der Waals surface area contributed by atoms with Gasteiger partial charge in [0.15, 0.2) is 0 Å². The van der Waals surface area contributed by atoms with Crippen molar-refractivity contribution in [3.63, 3.8) is 0 Å². The number of benzene rings is 1. The van der Waals surface area contributed by atoms with Gasteiger partial charge in [0.1, 0.15) is 5.54 Å². The lowest BCUT2D eigenvalue weighted by Gasteiger charge is -2.10. The van der Waals surface area contributed by atoms with E-state index in [0.29, 0.717) is 18.6 Å². The largest absolute Gasteiger partial charge is 0.465 e. The summed E-state index contributed by atoms with van der Waals surface area (Å²) < 4.78 is 9.59. The van der Waals surface area contributed by atoms with Gasteiger partial charge in [-0.2, -0.15) is 0 Å². The molecule has 0 amide bonds. The maximum Gasteiger partial charge on any atom is 0.337 e. The third-order valence-corrected chi connectivity index (χ3v) is 3.39. The predicted molar refractivity (Wildman–Crippen MR) is 68.7 cm³/mol. The summed E-state index contributed by atoms with van der Waals surface area (Å²) >= 11 is 0. The minimum absolute atomic E-state index is 0.0433. The molecule has 5 nitrogen and oxygen atoms in total. The summed E-state index contributed by atoms with van der Waals surface area (Å²) in [6.45, 7) is 2.08. The first kappa shape index (κ1) is 13.5. The van der Waals surface area contributed by atoms with Crippen LogP contribution in [-0.4, -0.2) is 31.2 Å². The van der Waals surface area contributed by atoms with Crippen LogP contribution in [0.4, 0.5) is 0 Å². The number of esters is 2. The molecule has 2 N–H and O–H groups in total. The Bertz CT molecular complexity index is 497. The summed E-state index contributed by atoms with van der Waals surface area (Å²) in [5, 5.41) is 0. The van der Waals surface area contributed by atoms with Crippen LogP contribution >= 0.6 is 0 Å². The van der Waals surface area contributed by atoms with Crippen molar-refractivity contribution in [1.29, 1.82) is 0 Å². The molecule has 1 aliphatic rings. The van der Waals surface area contributed by atoms with Crippen LogP contribution in [0.5, 0.6) is 0 Å². The molecule has 102 valence electrons. The molecule has 2 atom stereocenters. The minimum atomic E-state index is -0.914. The van der Waals surface area contributed by atoms with Crippen molar-refractivity contribution in [1.82, 2.24) is 0 Å². The lowest BCUT2D eigenvalue weighted by Crippen LogP contribution is -2.36. The van der Waals surface area contributed by atoms with Crippen LogP contribution < -0.4 is 5.73 Å². The van der Waals surface area contributed by atoms with E-state index in [0.717, 1.165) is 5.56 Å². The number of carbonyl (C=O) groups excluding carboxylic acids is 2. The maximum atomic E-state index is 11.7. The van der Waals surface area contributed by atoms with E-state index in [4.69, 9.17) is 10.5 Å².